The van der Waals surface area contributed by atoms with Crippen LogP contribution in [0.2, 0.25) is 0 Å². The maximum atomic E-state index is 11.5. The van der Waals surface area contributed by atoms with E-state index < -0.39 is 0 Å². The van der Waals surface area contributed by atoms with Crippen LogP contribution in [-0.2, 0) is 11.2 Å². The summed E-state index contributed by atoms with van der Waals surface area (Å²) in [5.41, 5.74) is 1.46. The second kappa shape index (κ2) is 5.35. The molecule has 0 aliphatic heterocycles. The molecule has 0 atom stereocenters. The molecule has 0 aliphatic carbocycles. The van der Waals surface area contributed by atoms with E-state index in [1.165, 1.54) is 0 Å². The van der Waals surface area contributed by atoms with Crippen molar-refractivity contribution >= 4 is 5.78 Å². The molecular formula is C13H16O3. The van der Waals surface area contributed by atoms with Crippen LogP contribution in [0.1, 0.15) is 12.5 Å². The van der Waals surface area contributed by atoms with Crippen LogP contribution in [0, 0.1) is 0 Å². The molecule has 1 aromatic carbocycles. The Kier molecular flexibility index (Phi) is 4.11. The molecule has 0 aromatic heterocycles. The number of carbonyl (C=O) groups excluding carboxylic acids is 1. The third kappa shape index (κ3) is 2.86. The van der Waals surface area contributed by atoms with E-state index in [1.807, 2.05) is 6.07 Å². The van der Waals surface area contributed by atoms with Crippen molar-refractivity contribution in [1.82, 2.24) is 0 Å². The van der Waals surface area contributed by atoms with E-state index in [9.17, 15) is 4.79 Å². The van der Waals surface area contributed by atoms with Gasteiger partial charge in [-0.25, -0.2) is 0 Å². The zero-order chi connectivity index (χ0) is 12.1. The van der Waals surface area contributed by atoms with Crippen LogP contribution in [0.3, 0.4) is 0 Å². The van der Waals surface area contributed by atoms with E-state index in [1.54, 1.807) is 33.3 Å². The number of hydrogen-bond donors (Lipinski definition) is 0. The molecule has 1 aromatic rings. The summed E-state index contributed by atoms with van der Waals surface area (Å²) in [6.45, 7) is 5.33. The van der Waals surface area contributed by atoms with Crippen LogP contribution in [0.5, 0.6) is 11.5 Å². The summed E-state index contributed by atoms with van der Waals surface area (Å²) in [6, 6.07) is 5.45. The first kappa shape index (κ1) is 12.3. The monoisotopic (exact) mass is 220 g/mol. The predicted molar refractivity (Wildman–Crippen MR) is 63.1 cm³/mol. The Morgan fingerprint density at radius 3 is 2.38 bits per heavy atom. The lowest BCUT2D eigenvalue weighted by Crippen LogP contribution is -2.03. The topological polar surface area (TPSA) is 35.5 Å². The van der Waals surface area contributed by atoms with Crippen molar-refractivity contribution in [2.45, 2.75) is 13.3 Å². The summed E-state index contributed by atoms with van der Waals surface area (Å²) in [5.74, 6) is 1.33. The van der Waals surface area contributed by atoms with Crippen LogP contribution in [0.25, 0.3) is 0 Å². The van der Waals surface area contributed by atoms with Gasteiger partial charge in [-0.3, -0.25) is 4.79 Å². The third-order valence-corrected chi connectivity index (χ3v) is 2.29. The maximum absolute atomic E-state index is 11.5. The number of benzene rings is 1. The Balaban J connectivity index is 2.91. The van der Waals surface area contributed by atoms with Gasteiger partial charge < -0.3 is 9.47 Å². The van der Waals surface area contributed by atoms with Crippen LogP contribution >= 0.6 is 0 Å². The number of Topliss-reactive ketones (excluding diaryl/α,β-unsaturated/α-hetero) is 1. The fourth-order valence-corrected chi connectivity index (χ4v) is 1.33. The third-order valence-electron chi connectivity index (χ3n) is 2.29. The minimum Gasteiger partial charge on any atom is -0.493 e. The molecule has 86 valence electrons. The average Bonchev–Trinajstić information content (AvgIpc) is 2.28. The lowest BCUT2D eigenvalue weighted by atomic mass is 10.0. The number of methoxy groups -OCH3 is 2. The quantitative estimate of drug-likeness (QED) is 0.715. The molecule has 3 heteroatoms. The Morgan fingerprint density at radius 2 is 1.88 bits per heavy atom. The van der Waals surface area contributed by atoms with Crippen molar-refractivity contribution in [2.75, 3.05) is 14.2 Å². The molecule has 0 radical (unpaired) electrons. The van der Waals surface area contributed by atoms with Crippen molar-refractivity contribution in [2.24, 2.45) is 0 Å². The molecule has 3 nitrogen and oxygen atoms in total. The lowest BCUT2D eigenvalue weighted by Gasteiger charge is -2.09. The maximum Gasteiger partial charge on any atom is 0.162 e. The zero-order valence-corrected chi connectivity index (χ0v) is 9.87. The Bertz CT molecular complexity index is 408. The molecule has 0 fully saturated rings. The highest BCUT2D eigenvalue weighted by Gasteiger charge is 2.08. The van der Waals surface area contributed by atoms with Gasteiger partial charge in [-0.1, -0.05) is 12.6 Å². The molecule has 16 heavy (non-hydrogen) atoms. The van der Waals surface area contributed by atoms with Gasteiger partial charge in [0, 0.05) is 6.42 Å². The van der Waals surface area contributed by atoms with E-state index in [-0.39, 0.29) is 5.78 Å². The fraction of sp³-hybridized carbons (Fsp3) is 0.308. The van der Waals surface area contributed by atoms with Crippen LogP contribution in [-0.4, -0.2) is 20.0 Å². The van der Waals surface area contributed by atoms with Crippen molar-refractivity contribution in [1.29, 1.82) is 0 Å². The lowest BCUT2D eigenvalue weighted by molar-refractivity contribution is -0.114. The first-order valence-electron chi connectivity index (χ1n) is 4.98. The molecule has 0 spiro atoms. The summed E-state index contributed by atoms with van der Waals surface area (Å²) >= 11 is 0. The summed E-state index contributed by atoms with van der Waals surface area (Å²) in [6.07, 6.45) is 0.343. The van der Waals surface area contributed by atoms with E-state index in [0.717, 1.165) is 5.56 Å². The van der Waals surface area contributed by atoms with Gasteiger partial charge >= 0.3 is 0 Å². The predicted octanol–water partition coefficient (Wildman–Crippen LogP) is 2.39. The minimum atomic E-state index is 0.0345. The second-order valence-electron chi connectivity index (χ2n) is 3.57. The molecule has 0 saturated heterocycles. The van der Waals surface area contributed by atoms with Crippen molar-refractivity contribution in [3.8, 4) is 11.5 Å². The Labute approximate surface area is 95.7 Å². The molecule has 0 heterocycles. The summed E-state index contributed by atoms with van der Waals surface area (Å²) < 4.78 is 10.3. The largest absolute Gasteiger partial charge is 0.493 e. The molecule has 0 amide bonds. The SMILES string of the molecule is C=C(C)C(=O)Cc1ccc(OC)c(OC)c1. The van der Waals surface area contributed by atoms with Gasteiger partial charge in [0.2, 0.25) is 0 Å². The summed E-state index contributed by atoms with van der Waals surface area (Å²) in [5, 5.41) is 0. The van der Waals surface area contributed by atoms with Crippen LogP contribution < -0.4 is 9.47 Å². The molecule has 0 bridgehead atoms. The average molecular weight is 220 g/mol. The van der Waals surface area contributed by atoms with Crippen LogP contribution in [0.15, 0.2) is 30.4 Å². The molecule has 1 rings (SSSR count). The van der Waals surface area contributed by atoms with Gasteiger partial charge in [-0.15, -0.1) is 0 Å². The van der Waals surface area contributed by atoms with Crippen molar-refractivity contribution < 1.29 is 14.3 Å². The number of ether oxygens (including phenoxy) is 2. The fourth-order valence-electron chi connectivity index (χ4n) is 1.33. The first-order valence-corrected chi connectivity index (χ1v) is 4.98. The zero-order valence-electron chi connectivity index (χ0n) is 9.87. The smallest absolute Gasteiger partial charge is 0.162 e. The normalized spacial score (nSPS) is 9.69. The standard InChI is InChI=1S/C13H16O3/c1-9(2)11(14)7-10-5-6-12(15-3)13(8-10)16-4/h5-6,8H,1,7H2,2-4H3. The highest BCUT2D eigenvalue weighted by atomic mass is 16.5. The Hall–Kier alpha value is -1.77. The molecule has 0 N–H and O–H groups in total. The van der Waals surface area contributed by atoms with Gasteiger partial charge in [0.1, 0.15) is 0 Å². The molecular weight excluding hydrogens is 204 g/mol. The highest BCUT2D eigenvalue weighted by molar-refractivity contribution is 5.95. The molecule has 0 aliphatic rings. The van der Waals surface area contributed by atoms with Crippen LogP contribution in [0.4, 0.5) is 0 Å². The van der Waals surface area contributed by atoms with Crippen molar-refractivity contribution in [3.63, 3.8) is 0 Å². The van der Waals surface area contributed by atoms with Gasteiger partial charge in [-0.05, 0) is 30.2 Å². The van der Waals surface area contributed by atoms with Gasteiger partial charge in [0.25, 0.3) is 0 Å². The number of allylic oxidation sites excluding steroid dienone is 1. The summed E-state index contributed by atoms with van der Waals surface area (Å²) in [4.78, 5) is 11.5. The minimum absolute atomic E-state index is 0.0345. The van der Waals surface area contributed by atoms with E-state index in [4.69, 9.17) is 9.47 Å². The van der Waals surface area contributed by atoms with Gasteiger partial charge in [0.15, 0.2) is 17.3 Å². The highest BCUT2D eigenvalue weighted by Crippen LogP contribution is 2.27. The molecule has 0 saturated carbocycles. The van der Waals surface area contributed by atoms with Gasteiger partial charge in [0.05, 0.1) is 14.2 Å². The number of carbonyl (C=O) groups is 1. The van der Waals surface area contributed by atoms with E-state index >= 15 is 0 Å². The van der Waals surface area contributed by atoms with E-state index in [2.05, 4.69) is 6.58 Å². The Morgan fingerprint density at radius 1 is 1.25 bits per heavy atom. The van der Waals surface area contributed by atoms with Crippen molar-refractivity contribution in [3.05, 3.63) is 35.9 Å². The number of ketones is 1. The van der Waals surface area contributed by atoms with Gasteiger partial charge in [-0.2, -0.15) is 0 Å². The van der Waals surface area contributed by atoms with E-state index in [0.29, 0.717) is 23.5 Å². The first-order chi connectivity index (χ1) is 7.58. The molecule has 0 unspecified atom stereocenters. The second-order valence-corrected chi connectivity index (χ2v) is 3.57. The summed E-state index contributed by atoms with van der Waals surface area (Å²) in [7, 11) is 3.15. The number of hydrogen-bond acceptors (Lipinski definition) is 3. The number of rotatable bonds is 5.